The number of nitrogens with two attached hydrogens (primary N) is 1. The minimum Gasteiger partial charge on any atom is -0.401 e. The number of fused-ring (bicyclic) bond motifs is 1. The summed E-state index contributed by atoms with van der Waals surface area (Å²) in [6.07, 6.45) is 0.676. The maximum atomic E-state index is 12.9. The van der Waals surface area contributed by atoms with Gasteiger partial charge in [0.2, 0.25) is 0 Å². The number of carbonyl (C=O) groups excluding carboxylic acids is 1. The Hall–Kier alpha value is -2.93. The van der Waals surface area contributed by atoms with E-state index in [0.29, 0.717) is 23.8 Å². The molecule has 0 saturated carbocycles. The zero-order chi connectivity index (χ0) is 22.8. The molecular formula is C20H26N6O3S. The first-order valence-corrected chi connectivity index (χ1v) is 10.5. The summed E-state index contributed by atoms with van der Waals surface area (Å²) in [6, 6.07) is 1.81. The Kier molecular flexibility index (Phi) is 6.87. The number of hydrogen-bond acceptors (Lipinski definition) is 8. The Balaban J connectivity index is 2.79. The molecule has 2 heterocycles. The van der Waals surface area contributed by atoms with Crippen molar-refractivity contribution in [3.63, 3.8) is 0 Å². The van der Waals surface area contributed by atoms with E-state index in [1.165, 1.54) is 18.5 Å². The van der Waals surface area contributed by atoms with Gasteiger partial charge in [0.1, 0.15) is 27.9 Å². The zero-order valence-electron chi connectivity index (χ0n) is 18.1. The molecule has 10 heteroatoms. The summed E-state index contributed by atoms with van der Waals surface area (Å²) in [6.45, 7) is 9.56. The Labute approximate surface area is 178 Å². The van der Waals surface area contributed by atoms with E-state index in [-0.39, 0.29) is 28.1 Å². The van der Waals surface area contributed by atoms with Crippen molar-refractivity contribution in [2.45, 2.75) is 58.0 Å². The highest BCUT2D eigenvalue weighted by molar-refractivity contribution is 8.00. The minimum absolute atomic E-state index is 0.118. The fourth-order valence-electron chi connectivity index (χ4n) is 2.78. The topological polar surface area (TPSA) is 137 Å². The average Bonchev–Trinajstić information content (AvgIpc) is 2.66. The van der Waals surface area contributed by atoms with E-state index in [9.17, 15) is 14.4 Å². The van der Waals surface area contributed by atoms with Crippen LogP contribution in [0.2, 0.25) is 0 Å². The van der Waals surface area contributed by atoms with E-state index in [1.807, 2.05) is 33.8 Å². The second-order valence-electron chi connectivity index (χ2n) is 7.98. The van der Waals surface area contributed by atoms with Crippen LogP contribution in [-0.2, 0) is 23.8 Å². The predicted octanol–water partition coefficient (Wildman–Crippen LogP) is 1.62. The maximum Gasteiger partial charge on any atom is 0.332 e. The summed E-state index contributed by atoms with van der Waals surface area (Å²) < 4.78 is 2.48. The molecule has 9 nitrogen and oxygen atoms in total. The summed E-state index contributed by atoms with van der Waals surface area (Å²) >= 11 is 1.03. The third-order valence-corrected chi connectivity index (χ3v) is 5.37. The fourth-order valence-corrected chi connectivity index (χ4v) is 3.67. The molecule has 2 aromatic rings. The summed E-state index contributed by atoms with van der Waals surface area (Å²) in [5, 5.41) is 9.64. The molecule has 160 valence electrons. The molecule has 30 heavy (non-hydrogen) atoms. The van der Waals surface area contributed by atoms with Crippen molar-refractivity contribution in [3.05, 3.63) is 37.9 Å². The van der Waals surface area contributed by atoms with Crippen molar-refractivity contribution < 1.29 is 4.79 Å². The Morgan fingerprint density at radius 3 is 2.40 bits per heavy atom. The highest BCUT2D eigenvalue weighted by Crippen LogP contribution is 2.27. The van der Waals surface area contributed by atoms with E-state index in [0.717, 1.165) is 16.3 Å². The lowest BCUT2D eigenvalue weighted by Gasteiger charge is -2.20. The first kappa shape index (κ1) is 23.3. The van der Waals surface area contributed by atoms with Crippen molar-refractivity contribution in [3.8, 4) is 6.07 Å². The van der Waals surface area contributed by atoms with Crippen LogP contribution in [0.3, 0.4) is 0 Å². The van der Waals surface area contributed by atoms with Crippen LogP contribution in [-0.4, -0.2) is 30.6 Å². The maximum absolute atomic E-state index is 12.9. The summed E-state index contributed by atoms with van der Waals surface area (Å²) in [4.78, 5) is 47.1. The average molecular weight is 431 g/mol. The van der Waals surface area contributed by atoms with E-state index in [4.69, 9.17) is 11.0 Å². The molecule has 0 aliphatic carbocycles. The van der Waals surface area contributed by atoms with Crippen LogP contribution < -0.4 is 17.0 Å². The second-order valence-corrected chi connectivity index (χ2v) is 8.95. The zero-order valence-corrected chi connectivity index (χ0v) is 18.9. The van der Waals surface area contributed by atoms with Gasteiger partial charge in [0.15, 0.2) is 11.4 Å². The van der Waals surface area contributed by atoms with E-state index in [2.05, 4.69) is 9.97 Å². The molecule has 0 saturated heterocycles. The lowest BCUT2D eigenvalue weighted by atomic mass is 9.96. The summed E-state index contributed by atoms with van der Waals surface area (Å²) in [7, 11) is 1.40. The largest absolute Gasteiger partial charge is 0.401 e. The number of thioether (sulfide) groups is 1. The van der Waals surface area contributed by atoms with Gasteiger partial charge in [-0.25, -0.2) is 14.8 Å². The van der Waals surface area contributed by atoms with Gasteiger partial charge in [0.25, 0.3) is 5.56 Å². The van der Waals surface area contributed by atoms with Gasteiger partial charge in [-0.3, -0.25) is 18.7 Å². The summed E-state index contributed by atoms with van der Waals surface area (Å²) in [5.74, 6) is -0.123. The normalized spacial score (nSPS) is 12.6. The van der Waals surface area contributed by atoms with Gasteiger partial charge < -0.3 is 5.73 Å². The molecule has 2 aromatic heterocycles. The highest BCUT2D eigenvalue weighted by atomic mass is 32.2. The molecule has 0 atom stereocenters. The van der Waals surface area contributed by atoms with Gasteiger partial charge in [-0.1, -0.05) is 39.5 Å². The van der Waals surface area contributed by atoms with Crippen LogP contribution in [0.4, 0.5) is 0 Å². The quantitative estimate of drug-likeness (QED) is 0.316. The third kappa shape index (κ3) is 4.46. The Morgan fingerprint density at radius 2 is 1.90 bits per heavy atom. The number of carbonyl (C=O) groups is 1. The molecule has 2 rings (SSSR count). The van der Waals surface area contributed by atoms with Crippen molar-refractivity contribution in [2.75, 3.05) is 5.75 Å². The van der Waals surface area contributed by atoms with Gasteiger partial charge in [-0.15, -0.1) is 0 Å². The third-order valence-electron chi connectivity index (χ3n) is 4.39. The van der Waals surface area contributed by atoms with E-state index < -0.39 is 22.4 Å². The smallest absolute Gasteiger partial charge is 0.332 e. The fraction of sp³-hybridized carbons (Fsp3) is 0.500. The molecule has 0 aliphatic heterocycles. The SMILES string of the molecule is CCCn1c(=O)n(C)c(=O)c2c(SCC(=O)/C(C#N)=C(\C)N)nc(C(C)(C)C)nc21. The molecular weight excluding hydrogens is 404 g/mol. The lowest BCUT2D eigenvalue weighted by molar-refractivity contribution is -0.112. The van der Waals surface area contributed by atoms with Gasteiger partial charge in [0.05, 0.1) is 5.75 Å². The number of rotatable bonds is 6. The van der Waals surface area contributed by atoms with Crippen LogP contribution in [0.1, 0.15) is 46.9 Å². The summed E-state index contributed by atoms with van der Waals surface area (Å²) in [5.41, 5.74) is 4.46. The Bertz CT molecular complexity index is 1190. The highest BCUT2D eigenvalue weighted by Gasteiger charge is 2.25. The van der Waals surface area contributed by atoms with E-state index in [1.54, 1.807) is 0 Å². The number of hydrogen-bond donors (Lipinski definition) is 1. The number of aromatic nitrogens is 4. The lowest BCUT2D eigenvalue weighted by Crippen LogP contribution is -2.39. The molecule has 0 spiro atoms. The molecule has 0 bridgehead atoms. The number of nitriles is 1. The monoisotopic (exact) mass is 430 g/mol. The van der Waals surface area contributed by atoms with Gasteiger partial charge in [0, 0.05) is 24.7 Å². The van der Waals surface area contributed by atoms with Crippen LogP contribution in [0, 0.1) is 11.3 Å². The standard InChI is InChI=1S/C20H26N6O3S/c1-7-8-26-15-14(17(28)25(6)19(26)29)16(24-18(23-15)20(3,4)5)30-10-13(27)12(9-21)11(2)22/h7-8,10,22H2,1-6H3/b12-11+. The van der Waals surface area contributed by atoms with Crippen molar-refractivity contribution in [1.82, 2.24) is 19.1 Å². The van der Waals surface area contributed by atoms with Gasteiger partial charge in [-0.2, -0.15) is 5.26 Å². The minimum atomic E-state index is -0.524. The van der Waals surface area contributed by atoms with E-state index >= 15 is 0 Å². The van der Waals surface area contributed by atoms with Crippen molar-refractivity contribution >= 4 is 28.6 Å². The van der Waals surface area contributed by atoms with Gasteiger partial charge in [-0.05, 0) is 13.3 Å². The predicted molar refractivity (Wildman–Crippen MR) is 116 cm³/mol. The number of allylic oxidation sites excluding steroid dienone is 2. The first-order chi connectivity index (χ1) is 13.9. The number of Topliss-reactive ketones (excluding diaryl/α,β-unsaturated/α-hetero) is 1. The number of nitrogens with zero attached hydrogens (tertiary/aromatic N) is 5. The van der Waals surface area contributed by atoms with Crippen LogP contribution in [0.25, 0.3) is 11.0 Å². The molecule has 0 unspecified atom stereocenters. The first-order valence-electron chi connectivity index (χ1n) is 9.48. The number of ketones is 1. The number of aryl methyl sites for hydroxylation is 1. The second kappa shape index (κ2) is 8.83. The molecule has 0 radical (unpaired) electrons. The van der Waals surface area contributed by atoms with Crippen molar-refractivity contribution in [2.24, 2.45) is 12.8 Å². The molecule has 2 N–H and O–H groups in total. The molecule has 0 amide bonds. The van der Waals surface area contributed by atoms with Gasteiger partial charge >= 0.3 is 5.69 Å². The molecule has 0 aromatic carbocycles. The van der Waals surface area contributed by atoms with Crippen LogP contribution in [0.15, 0.2) is 25.9 Å². The molecule has 0 fully saturated rings. The Morgan fingerprint density at radius 1 is 1.27 bits per heavy atom. The van der Waals surface area contributed by atoms with Crippen LogP contribution >= 0.6 is 11.8 Å². The van der Waals surface area contributed by atoms with Crippen molar-refractivity contribution in [1.29, 1.82) is 5.26 Å². The van der Waals surface area contributed by atoms with Crippen LogP contribution in [0.5, 0.6) is 0 Å². The molecule has 0 aliphatic rings.